The van der Waals surface area contributed by atoms with E-state index in [-0.39, 0.29) is 0 Å². The lowest BCUT2D eigenvalue weighted by molar-refractivity contribution is 0.377. The maximum atomic E-state index is 5.83. The molecule has 0 spiro atoms. The Hall–Kier alpha value is -1.16. The van der Waals surface area contributed by atoms with E-state index < -0.39 is 5.54 Å². The highest BCUT2D eigenvalue weighted by Gasteiger charge is 2.14. The van der Waals surface area contributed by atoms with Crippen LogP contribution in [0.2, 0.25) is 0 Å². The van der Waals surface area contributed by atoms with Crippen LogP contribution in [-0.2, 0) is 5.54 Å². The first kappa shape index (κ1) is 8.93. The predicted octanol–water partition coefficient (Wildman–Crippen LogP) is 0.679. The number of nitrogens with zero attached hydrogens (tertiary/aromatic N) is 2. The van der Waals surface area contributed by atoms with Gasteiger partial charge < -0.3 is 10.5 Å². The highest BCUT2D eigenvalue weighted by molar-refractivity contribution is 5.15. The van der Waals surface area contributed by atoms with Crippen molar-refractivity contribution in [3.63, 3.8) is 0 Å². The number of aromatic nitrogens is 2. The molecular formula is C8H13N3O. The Balaban J connectivity index is 2.93. The number of methoxy groups -OCH3 is 1. The summed E-state index contributed by atoms with van der Waals surface area (Å²) in [6, 6.07) is 0.364. The van der Waals surface area contributed by atoms with Gasteiger partial charge in [-0.1, -0.05) is 0 Å². The van der Waals surface area contributed by atoms with Crippen molar-refractivity contribution in [2.45, 2.75) is 19.4 Å². The van der Waals surface area contributed by atoms with Gasteiger partial charge in [-0.05, 0) is 13.8 Å². The van der Waals surface area contributed by atoms with Crippen LogP contribution in [0.15, 0.2) is 12.4 Å². The Morgan fingerprint density at radius 3 is 2.17 bits per heavy atom. The molecule has 1 aromatic rings. The summed E-state index contributed by atoms with van der Waals surface area (Å²) in [6.07, 6.45) is 3.34. The van der Waals surface area contributed by atoms with Gasteiger partial charge in [0.25, 0.3) is 0 Å². The van der Waals surface area contributed by atoms with Crippen LogP contribution in [-0.4, -0.2) is 17.1 Å². The van der Waals surface area contributed by atoms with Crippen molar-refractivity contribution in [2.24, 2.45) is 5.73 Å². The van der Waals surface area contributed by atoms with Gasteiger partial charge in [0.15, 0.2) is 0 Å². The van der Waals surface area contributed by atoms with Crippen LogP contribution in [0.25, 0.3) is 0 Å². The first-order chi connectivity index (χ1) is 5.54. The molecule has 0 aliphatic rings. The molecule has 1 rings (SSSR count). The van der Waals surface area contributed by atoms with E-state index in [1.807, 2.05) is 13.8 Å². The van der Waals surface area contributed by atoms with Crippen LogP contribution >= 0.6 is 0 Å². The van der Waals surface area contributed by atoms with Gasteiger partial charge in [0.05, 0.1) is 7.11 Å². The molecule has 0 aliphatic heterocycles. The average Bonchev–Trinajstić information content (AvgIpc) is 2.03. The predicted molar refractivity (Wildman–Crippen MR) is 45.8 cm³/mol. The Morgan fingerprint density at radius 1 is 1.33 bits per heavy atom. The average molecular weight is 167 g/mol. The number of hydrogen-bond acceptors (Lipinski definition) is 4. The van der Waals surface area contributed by atoms with Gasteiger partial charge in [-0.3, -0.25) is 0 Å². The Kier molecular flexibility index (Phi) is 2.28. The maximum absolute atomic E-state index is 5.83. The monoisotopic (exact) mass is 167 g/mol. The smallest absolute Gasteiger partial charge is 0.316 e. The molecule has 0 atom stereocenters. The molecule has 4 nitrogen and oxygen atoms in total. The minimum absolute atomic E-state index is 0.364. The minimum Gasteiger partial charge on any atom is -0.467 e. The van der Waals surface area contributed by atoms with Crippen molar-refractivity contribution in [1.29, 1.82) is 0 Å². The Labute approximate surface area is 71.8 Å². The van der Waals surface area contributed by atoms with Gasteiger partial charge in [-0.15, -0.1) is 0 Å². The van der Waals surface area contributed by atoms with Gasteiger partial charge in [-0.2, -0.15) is 0 Å². The molecule has 0 amide bonds. The first-order valence-corrected chi connectivity index (χ1v) is 3.69. The van der Waals surface area contributed by atoms with Gasteiger partial charge in [0.2, 0.25) is 0 Å². The summed E-state index contributed by atoms with van der Waals surface area (Å²) in [5.41, 5.74) is 6.32. The molecule has 1 heterocycles. The summed E-state index contributed by atoms with van der Waals surface area (Å²) in [7, 11) is 1.53. The van der Waals surface area contributed by atoms with Gasteiger partial charge in [0.1, 0.15) is 0 Å². The molecule has 0 unspecified atom stereocenters. The van der Waals surface area contributed by atoms with E-state index in [0.717, 1.165) is 5.56 Å². The standard InChI is InChI=1S/C8H13N3O/c1-8(2,9)6-4-10-7(12-3)11-5-6/h4-5H,9H2,1-3H3. The molecule has 0 bridgehead atoms. The van der Waals surface area contributed by atoms with Crippen molar-refractivity contribution in [3.8, 4) is 6.01 Å². The zero-order valence-electron chi connectivity index (χ0n) is 7.53. The largest absolute Gasteiger partial charge is 0.467 e. The van der Waals surface area contributed by atoms with Crippen molar-refractivity contribution in [2.75, 3.05) is 7.11 Å². The van der Waals surface area contributed by atoms with E-state index >= 15 is 0 Å². The summed E-state index contributed by atoms with van der Waals surface area (Å²) in [4.78, 5) is 7.90. The highest BCUT2D eigenvalue weighted by atomic mass is 16.5. The SMILES string of the molecule is COc1ncc(C(C)(C)N)cn1. The molecule has 12 heavy (non-hydrogen) atoms. The van der Waals surface area contributed by atoms with Crippen molar-refractivity contribution in [1.82, 2.24) is 9.97 Å². The number of hydrogen-bond donors (Lipinski definition) is 1. The molecular weight excluding hydrogens is 154 g/mol. The normalized spacial score (nSPS) is 11.3. The number of nitrogens with two attached hydrogens (primary N) is 1. The van der Waals surface area contributed by atoms with Crippen molar-refractivity contribution in [3.05, 3.63) is 18.0 Å². The van der Waals surface area contributed by atoms with E-state index in [1.165, 1.54) is 7.11 Å². The topological polar surface area (TPSA) is 61.0 Å². The fraction of sp³-hybridized carbons (Fsp3) is 0.500. The Morgan fingerprint density at radius 2 is 1.83 bits per heavy atom. The number of rotatable bonds is 2. The van der Waals surface area contributed by atoms with Crippen LogP contribution in [0, 0.1) is 0 Å². The molecule has 4 heteroatoms. The lowest BCUT2D eigenvalue weighted by atomic mass is 9.99. The first-order valence-electron chi connectivity index (χ1n) is 3.69. The van der Waals surface area contributed by atoms with E-state index in [1.54, 1.807) is 12.4 Å². The molecule has 0 fully saturated rings. The van der Waals surface area contributed by atoms with Gasteiger partial charge in [0, 0.05) is 23.5 Å². The maximum Gasteiger partial charge on any atom is 0.316 e. The zero-order valence-corrected chi connectivity index (χ0v) is 7.53. The van der Waals surface area contributed by atoms with Crippen LogP contribution < -0.4 is 10.5 Å². The number of ether oxygens (including phenoxy) is 1. The molecule has 0 aromatic carbocycles. The Bertz CT molecular complexity index is 250. The second-order valence-corrected chi connectivity index (χ2v) is 3.18. The quantitative estimate of drug-likeness (QED) is 0.703. The lowest BCUT2D eigenvalue weighted by Gasteiger charge is -2.17. The third kappa shape index (κ3) is 1.92. The third-order valence-corrected chi connectivity index (χ3v) is 1.55. The summed E-state index contributed by atoms with van der Waals surface area (Å²) in [5, 5.41) is 0. The lowest BCUT2D eigenvalue weighted by Crippen LogP contribution is -2.28. The van der Waals surface area contributed by atoms with E-state index in [9.17, 15) is 0 Å². The van der Waals surface area contributed by atoms with Crippen molar-refractivity contribution < 1.29 is 4.74 Å². The van der Waals surface area contributed by atoms with Gasteiger partial charge in [-0.25, -0.2) is 9.97 Å². The van der Waals surface area contributed by atoms with Crippen LogP contribution in [0.4, 0.5) is 0 Å². The van der Waals surface area contributed by atoms with Crippen LogP contribution in [0.3, 0.4) is 0 Å². The minimum atomic E-state index is -0.397. The van der Waals surface area contributed by atoms with Crippen LogP contribution in [0.1, 0.15) is 19.4 Å². The second-order valence-electron chi connectivity index (χ2n) is 3.18. The molecule has 1 aromatic heterocycles. The van der Waals surface area contributed by atoms with Crippen LogP contribution in [0.5, 0.6) is 6.01 Å². The second kappa shape index (κ2) is 3.06. The molecule has 66 valence electrons. The molecule has 0 radical (unpaired) electrons. The van der Waals surface area contributed by atoms with Gasteiger partial charge >= 0.3 is 6.01 Å². The van der Waals surface area contributed by atoms with Crippen molar-refractivity contribution >= 4 is 0 Å². The molecule has 2 N–H and O–H groups in total. The molecule has 0 saturated carbocycles. The highest BCUT2D eigenvalue weighted by Crippen LogP contribution is 2.15. The fourth-order valence-electron chi connectivity index (χ4n) is 0.754. The summed E-state index contributed by atoms with van der Waals surface area (Å²) in [6.45, 7) is 3.80. The van der Waals surface area contributed by atoms with E-state index in [4.69, 9.17) is 10.5 Å². The van der Waals surface area contributed by atoms with E-state index in [0.29, 0.717) is 6.01 Å². The third-order valence-electron chi connectivity index (χ3n) is 1.55. The fourth-order valence-corrected chi connectivity index (χ4v) is 0.754. The van der Waals surface area contributed by atoms with E-state index in [2.05, 4.69) is 9.97 Å². The molecule has 0 aliphatic carbocycles. The summed E-state index contributed by atoms with van der Waals surface area (Å²) >= 11 is 0. The summed E-state index contributed by atoms with van der Waals surface area (Å²) < 4.78 is 4.82. The molecule has 0 saturated heterocycles. The zero-order chi connectivity index (χ0) is 9.19. The summed E-state index contributed by atoms with van der Waals surface area (Å²) in [5.74, 6) is 0.